The number of hydrogen-bond donors (Lipinski definition) is 1. The Morgan fingerprint density at radius 1 is 1.25 bits per heavy atom. The van der Waals surface area contributed by atoms with Gasteiger partial charge in [0.2, 0.25) is 0 Å². The third-order valence-corrected chi connectivity index (χ3v) is 3.38. The topological polar surface area (TPSA) is 74.7 Å². The van der Waals surface area contributed by atoms with E-state index in [0.717, 1.165) is 17.7 Å². The summed E-state index contributed by atoms with van der Waals surface area (Å²) in [6, 6.07) is 0. The Kier molecular flexibility index (Phi) is 2.53. The molecule has 5 heteroatoms. The van der Waals surface area contributed by atoms with Crippen LogP contribution in [0.5, 0.6) is 0 Å². The normalized spacial score (nSPS) is 23.1. The van der Waals surface area contributed by atoms with Crippen molar-refractivity contribution in [3.8, 4) is 0 Å². The highest BCUT2D eigenvalue weighted by molar-refractivity contribution is 6.13. The molecule has 0 aromatic carbocycles. The van der Waals surface area contributed by atoms with Gasteiger partial charge in [-0.05, 0) is 12.8 Å². The van der Waals surface area contributed by atoms with Crippen LogP contribution in [0.15, 0.2) is 12.2 Å². The molecule has 0 spiro atoms. The zero-order valence-electron chi connectivity index (χ0n) is 8.81. The van der Waals surface area contributed by atoms with Crippen LogP contribution in [-0.2, 0) is 14.4 Å². The first-order valence-electron chi connectivity index (χ1n) is 5.32. The zero-order valence-corrected chi connectivity index (χ0v) is 8.81. The predicted molar refractivity (Wildman–Crippen MR) is 54.4 cm³/mol. The lowest BCUT2D eigenvalue weighted by Gasteiger charge is -2.28. The van der Waals surface area contributed by atoms with Gasteiger partial charge in [-0.25, -0.2) is 0 Å². The molecule has 0 radical (unpaired) electrons. The smallest absolute Gasteiger partial charge is 0.311 e. The number of carboxylic acid groups (broad SMARTS) is 1. The summed E-state index contributed by atoms with van der Waals surface area (Å²) in [6.45, 7) is 0.00694. The fourth-order valence-corrected chi connectivity index (χ4v) is 2.38. The fourth-order valence-electron chi connectivity index (χ4n) is 2.38. The second kappa shape index (κ2) is 3.73. The maximum absolute atomic E-state index is 11.4. The second-order valence-electron chi connectivity index (χ2n) is 4.39. The predicted octanol–water partition coefficient (Wildman–Crippen LogP) is 0.556. The maximum Gasteiger partial charge on any atom is 0.311 e. The number of aliphatic carboxylic acids is 1. The molecule has 1 saturated carbocycles. The summed E-state index contributed by atoms with van der Waals surface area (Å²) < 4.78 is 0. The lowest BCUT2D eigenvalue weighted by molar-refractivity contribution is -0.152. The van der Waals surface area contributed by atoms with Crippen LogP contribution in [-0.4, -0.2) is 34.3 Å². The molecule has 1 aliphatic heterocycles. The average molecular weight is 223 g/mol. The van der Waals surface area contributed by atoms with E-state index in [2.05, 4.69) is 0 Å². The van der Waals surface area contributed by atoms with Gasteiger partial charge in [0.1, 0.15) is 0 Å². The molecule has 1 aliphatic carbocycles. The van der Waals surface area contributed by atoms with Crippen molar-refractivity contribution in [3.05, 3.63) is 12.2 Å². The Hall–Kier alpha value is -1.65. The van der Waals surface area contributed by atoms with Crippen molar-refractivity contribution >= 4 is 17.8 Å². The van der Waals surface area contributed by atoms with Gasteiger partial charge < -0.3 is 5.11 Å². The molecule has 0 bridgehead atoms. The second-order valence-corrected chi connectivity index (χ2v) is 4.39. The van der Waals surface area contributed by atoms with E-state index in [0.29, 0.717) is 12.8 Å². The SMILES string of the molecule is O=C1C=CC(=O)N1CC1(C(=O)O)CCCC1. The zero-order chi connectivity index (χ0) is 11.8. The summed E-state index contributed by atoms with van der Waals surface area (Å²) in [5.41, 5.74) is -0.919. The quantitative estimate of drug-likeness (QED) is 0.709. The van der Waals surface area contributed by atoms with Crippen LogP contribution in [0.1, 0.15) is 25.7 Å². The van der Waals surface area contributed by atoms with Gasteiger partial charge in [0, 0.05) is 18.7 Å². The Bertz CT molecular complexity index is 361. The number of carboxylic acids is 1. The van der Waals surface area contributed by atoms with Crippen molar-refractivity contribution in [2.24, 2.45) is 5.41 Å². The van der Waals surface area contributed by atoms with Gasteiger partial charge in [-0.2, -0.15) is 0 Å². The van der Waals surface area contributed by atoms with E-state index in [1.165, 1.54) is 12.2 Å². The molecule has 86 valence electrons. The van der Waals surface area contributed by atoms with Crippen molar-refractivity contribution in [1.82, 2.24) is 4.90 Å². The highest BCUT2D eigenvalue weighted by Gasteiger charge is 2.45. The minimum atomic E-state index is -0.919. The van der Waals surface area contributed by atoms with Gasteiger partial charge in [0.05, 0.1) is 5.41 Å². The van der Waals surface area contributed by atoms with Gasteiger partial charge in [0.25, 0.3) is 11.8 Å². The molecular formula is C11H13NO4. The van der Waals surface area contributed by atoms with Crippen LogP contribution in [0.25, 0.3) is 0 Å². The molecule has 2 aliphatic rings. The average Bonchev–Trinajstić information content (AvgIpc) is 2.81. The van der Waals surface area contributed by atoms with Gasteiger partial charge in [-0.15, -0.1) is 0 Å². The van der Waals surface area contributed by atoms with Crippen LogP contribution in [0, 0.1) is 5.41 Å². The van der Waals surface area contributed by atoms with Crippen LogP contribution in [0.2, 0.25) is 0 Å². The van der Waals surface area contributed by atoms with Crippen LogP contribution < -0.4 is 0 Å². The summed E-state index contributed by atoms with van der Waals surface area (Å²) in [7, 11) is 0. The van der Waals surface area contributed by atoms with Crippen molar-refractivity contribution < 1.29 is 19.5 Å². The van der Waals surface area contributed by atoms with Gasteiger partial charge in [0.15, 0.2) is 0 Å². The molecule has 0 atom stereocenters. The number of amides is 2. The Morgan fingerprint density at radius 3 is 2.19 bits per heavy atom. The summed E-state index contributed by atoms with van der Waals surface area (Å²) in [4.78, 5) is 35.0. The lowest BCUT2D eigenvalue weighted by Crippen LogP contribution is -2.44. The number of hydrogen-bond acceptors (Lipinski definition) is 3. The molecule has 0 unspecified atom stereocenters. The van der Waals surface area contributed by atoms with Gasteiger partial charge in [-0.3, -0.25) is 19.3 Å². The molecule has 0 aromatic rings. The summed E-state index contributed by atoms with van der Waals surface area (Å²) in [5.74, 6) is -1.72. The Labute approximate surface area is 92.7 Å². The standard InChI is InChI=1S/C11H13NO4/c13-8-3-4-9(14)12(8)7-11(10(15)16)5-1-2-6-11/h3-4H,1-2,5-7H2,(H,15,16). The van der Waals surface area contributed by atoms with Crippen molar-refractivity contribution in [2.45, 2.75) is 25.7 Å². The van der Waals surface area contributed by atoms with Crippen LogP contribution in [0.4, 0.5) is 0 Å². The maximum atomic E-state index is 11.4. The van der Waals surface area contributed by atoms with E-state index in [1.807, 2.05) is 0 Å². The molecule has 0 aromatic heterocycles. The summed E-state index contributed by atoms with van der Waals surface area (Å²) in [5, 5.41) is 9.23. The molecular weight excluding hydrogens is 210 g/mol. The number of imide groups is 1. The minimum Gasteiger partial charge on any atom is -0.481 e. The van der Waals surface area contributed by atoms with Crippen molar-refractivity contribution in [1.29, 1.82) is 0 Å². The molecule has 2 amide bonds. The molecule has 16 heavy (non-hydrogen) atoms. The fraction of sp³-hybridized carbons (Fsp3) is 0.545. The van der Waals surface area contributed by atoms with Crippen molar-refractivity contribution in [3.63, 3.8) is 0 Å². The largest absolute Gasteiger partial charge is 0.481 e. The minimum absolute atomic E-state index is 0.00694. The molecule has 1 N–H and O–H groups in total. The lowest BCUT2D eigenvalue weighted by atomic mass is 9.85. The highest BCUT2D eigenvalue weighted by atomic mass is 16.4. The highest BCUT2D eigenvalue weighted by Crippen LogP contribution is 2.39. The molecule has 2 rings (SSSR count). The third-order valence-electron chi connectivity index (χ3n) is 3.38. The number of carbonyl (C=O) groups is 3. The Balaban J connectivity index is 2.16. The van der Waals surface area contributed by atoms with E-state index in [4.69, 9.17) is 0 Å². The van der Waals surface area contributed by atoms with Crippen molar-refractivity contribution in [2.75, 3.05) is 6.54 Å². The number of nitrogens with zero attached hydrogens (tertiary/aromatic N) is 1. The van der Waals surface area contributed by atoms with Gasteiger partial charge in [-0.1, -0.05) is 12.8 Å². The van der Waals surface area contributed by atoms with Crippen LogP contribution in [0.3, 0.4) is 0 Å². The molecule has 1 fully saturated rings. The van der Waals surface area contributed by atoms with Crippen LogP contribution >= 0.6 is 0 Å². The van der Waals surface area contributed by atoms with E-state index in [-0.39, 0.29) is 6.54 Å². The molecule has 1 heterocycles. The van der Waals surface area contributed by atoms with E-state index >= 15 is 0 Å². The number of carbonyl (C=O) groups excluding carboxylic acids is 2. The first-order chi connectivity index (χ1) is 7.55. The first-order valence-corrected chi connectivity index (χ1v) is 5.32. The van der Waals surface area contributed by atoms with E-state index in [9.17, 15) is 19.5 Å². The van der Waals surface area contributed by atoms with Gasteiger partial charge >= 0.3 is 5.97 Å². The summed E-state index contributed by atoms with van der Waals surface area (Å²) in [6.07, 6.45) is 5.14. The molecule has 5 nitrogen and oxygen atoms in total. The monoisotopic (exact) mass is 223 g/mol. The molecule has 0 saturated heterocycles. The third kappa shape index (κ3) is 1.62. The first kappa shape index (κ1) is 10.9. The number of rotatable bonds is 3. The van der Waals surface area contributed by atoms with E-state index in [1.54, 1.807) is 0 Å². The Morgan fingerprint density at radius 2 is 1.75 bits per heavy atom. The summed E-state index contributed by atoms with van der Waals surface area (Å²) >= 11 is 0. The van der Waals surface area contributed by atoms with E-state index < -0.39 is 23.2 Å².